The van der Waals surface area contributed by atoms with E-state index in [2.05, 4.69) is 26.1 Å². The molecule has 12 heteroatoms. The molecular weight excluding hydrogens is 678 g/mol. The van der Waals surface area contributed by atoms with Crippen molar-refractivity contribution in [3.05, 3.63) is 58.1 Å². The lowest BCUT2D eigenvalue weighted by atomic mass is 9.87. The molecule has 0 spiro atoms. The fraction of sp³-hybridized carbons (Fsp3) is 0.583. The van der Waals surface area contributed by atoms with E-state index in [1.54, 1.807) is 23.1 Å². The molecule has 0 unspecified atom stereocenters. The molecule has 4 aliphatic rings. The number of aliphatic hydroxyl groups is 1. The van der Waals surface area contributed by atoms with Crippen molar-refractivity contribution in [1.82, 2.24) is 19.6 Å². The second-order valence-corrected chi connectivity index (χ2v) is 14.6. The summed E-state index contributed by atoms with van der Waals surface area (Å²) in [5.74, 6) is -0.110. The number of phenolic OH excluding ortho intramolecular Hbond substituents is 1. The minimum Gasteiger partial charge on any atom is -0.507 e. The average molecular weight is 727 g/mol. The Hall–Kier alpha value is -3.35. The molecule has 0 aliphatic carbocycles. The number of fused-ring (bicyclic) bond motifs is 1. The normalized spacial score (nSPS) is 21.6. The van der Waals surface area contributed by atoms with Gasteiger partial charge in [-0.05, 0) is 96.6 Å². The fourth-order valence-corrected chi connectivity index (χ4v) is 8.11. The molecule has 48 heavy (non-hydrogen) atoms. The molecule has 4 amide bonds. The quantitative estimate of drug-likeness (QED) is 0.368. The molecule has 3 saturated heterocycles. The van der Waals surface area contributed by atoms with E-state index < -0.39 is 17.8 Å². The minimum atomic E-state index is -1.01. The van der Waals surface area contributed by atoms with Crippen LogP contribution in [0.1, 0.15) is 63.0 Å². The van der Waals surface area contributed by atoms with Gasteiger partial charge in [0, 0.05) is 70.0 Å². The number of hydrogen-bond acceptors (Lipinski definition) is 7. The van der Waals surface area contributed by atoms with E-state index in [1.165, 1.54) is 0 Å². The first-order chi connectivity index (χ1) is 23.1. The third kappa shape index (κ3) is 7.92. The number of urea groups is 1. The van der Waals surface area contributed by atoms with Crippen LogP contribution in [0.15, 0.2) is 46.9 Å². The number of anilines is 1. The first-order valence-electron chi connectivity index (χ1n) is 17.5. The van der Waals surface area contributed by atoms with Gasteiger partial charge in [-0.2, -0.15) is 0 Å². The number of para-hydroxylation sites is 1. The molecule has 4 aliphatic heterocycles. The van der Waals surface area contributed by atoms with Gasteiger partial charge in [0.25, 0.3) is 5.91 Å². The third-order valence-electron chi connectivity index (χ3n) is 10.9. The molecule has 0 aromatic heterocycles. The lowest BCUT2D eigenvalue weighted by Crippen LogP contribution is -2.54. The summed E-state index contributed by atoms with van der Waals surface area (Å²) in [6, 6.07) is 13.2. The number of hydrogen-bond donors (Lipinski definition) is 3. The number of likely N-dealkylation sites (tertiary alicyclic amines) is 3. The van der Waals surface area contributed by atoms with Gasteiger partial charge in [0.05, 0.1) is 10.1 Å². The zero-order valence-corrected chi connectivity index (χ0v) is 29.4. The van der Waals surface area contributed by atoms with Gasteiger partial charge in [0.1, 0.15) is 5.75 Å². The van der Waals surface area contributed by atoms with E-state index in [0.29, 0.717) is 56.1 Å². The number of ether oxygens (including phenoxy) is 1. The summed E-state index contributed by atoms with van der Waals surface area (Å²) >= 11 is 3.36. The van der Waals surface area contributed by atoms with Gasteiger partial charge in [-0.3, -0.25) is 4.79 Å². The smallest absolute Gasteiger partial charge is 0.410 e. The maximum atomic E-state index is 14.0. The highest BCUT2D eigenvalue weighted by atomic mass is 79.9. The molecule has 6 rings (SSSR count). The molecular formula is C36H48BrN5O6. The molecule has 3 fully saturated rings. The minimum absolute atomic E-state index is 0.00658. The van der Waals surface area contributed by atoms with Crippen LogP contribution in [-0.2, 0) is 22.4 Å². The number of piperidine rings is 3. The van der Waals surface area contributed by atoms with Crippen molar-refractivity contribution >= 4 is 39.6 Å². The zero-order chi connectivity index (χ0) is 33.8. The molecule has 0 radical (unpaired) electrons. The Labute approximate surface area is 291 Å². The molecule has 11 nitrogen and oxygen atoms in total. The van der Waals surface area contributed by atoms with Gasteiger partial charge >= 0.3 is 12.1 Å². The van der Waals surface area contributed by atoms with Crippen LogP contribution in [0.25, 0.3) is 0 Å². The maximum Gasteiger partial charge on any atom is 0.410 e. The molecule has 2 aromatic rings. The van der Waals surface area contributed by atoms with Gasteiger partial charge in [-0.1, -0.05) is 31.2 Å². The number of carbonyl (C=O) groups is 3. The average Bonchev–Trinajstić information content (AvgIpc) is 3.27. The molecule has 260 valence electrons. The summed E-state index contributed by atoms with van der Waals surface area (Å²) in [7, 11) is 0. The van der Waals surface area contributed by atoms with Crippen LogP contribution < -0.4 is 5.32 Å². The van der Waals surface area contributed by atoms with Crippen molar-refractivity contribution in [2.24, 2.45) is 0 Å². The van der Waals surface area contributed by atoms with E-state index in [0.717, 1.165) is 68.4 Å². The number of phenols is 1. The van der Waals surface area contributed by atoms with Crippen molar-refractivity contribution < 1.29 is 29.3 Å². The van der Waals surface area contributed by atoms with E-state index in [-0.39, 0.29) is 30.2 Å². The summed E-state index contributed by atoms with van der Waals surface area (Å²) in [6.07, 6.45) is 4.69. The number of rotatable bonds is 7. The van der Waals surface area contributed by atoms with E-state index in [1.807, 2.05) is 41.0 Å². The fourth-order valence-electron chi connectivity index (χ4n) is 7.68. The summed E-state index contributed by atoms with van der Waals surface area (Å²) in [5, 5.41) is 23.7. The summed E-state index contributed by atoms with van der Waals surface area (Å²) < 4.78 is 6.52. The summed E-state index contributed by atoms with van der Waals surface area (Å²) in [6.45, 7) is 6.42. The van der Waals surface area contributed by atoms with Gasteiger partial charge in [-0.25, -0.2) is 9.59 Å². The summed E-state index contributed by atoms with van der Waals surface area (Å²) in [4.78, 5) is 48.4. The molecule has 3 N–H and O–H groups in total. The summed E-state index contributed by atoms with van der Waals surface area (Å²) in [5.41, 5.74) is 2.18. The van der Waals surface area contributed by atoms with Crippen molar-refractivity contribution in [2.45, 2.75) is 88.5 Å². The number of benzene rings is 2. The number of amides is 4. The molecule has 4 heterocycles. The van der Waals surface area contributed by atoms with Crippen LogP contribution in [0, 0.1) is 0 Å². The van der Waals surface area contributed by atoms with Gasteiger partial charge in [0.2, 0.25) is 0 Å². The van der Waals surface area contributed by atoms with Crippen molar-refractivity contribution in [3.63, 3.8) is 0 Å². The van der Waals surface area contributed by atoms with E-state index in [9.17, 15) is 24.6 Å². The highest BCUT2D eigenvalue weighted by Crippen LogP contribution is 2.30. The zero-order valence-electron chi connectivity index (χ0n) is 27.8. The predicted molar refractivity (Wildman–Crippen MR) is 186 cm³/mol. The Bertz CT molecular complexity index is 1470. The SMILES string of the molecule is CCC1(O)CCN(C2CCN(C(=O)[C@@H](Cc3ccc(O)c(Br)c3)OC(=O)N3CCC(N4CCc5ccccc5NC4=O)CC3)CC2)CC1. The lowest BCUT2D eigenvalue weighted by Gasteiger charge is -2.44. The number of halogens is 1. The third-order valence-corrected chi connectivity index (χ3v) is 11.6. The highest BCUT2D eigenvalue weighted by molar-refractivity contribution is 9.10. The predicted octanol–water partition coefficient (Wildman–Crippen LogP) is 4.98. The highest BCUT2D eigenvalue weighted by Gasteiger charge is 2.38. The Morgan fingerprint density at radius 2 is 1.62 bits per heavy atom. The van der Waals surface area contributed by atoms with Crippen LogP contribution in [0.2, 0.25) is 0 Å². The number of nitrogens with one attached hydrogen (secondary N) is 1. The molecule has 0 saturated carbocycles. The van der Waals surface area contributed by atoms with Crippen LogP contribution in [0.3, 0.4) is 0 Å². The van der Waals surface area contributed by atoms with Crippen molar-refractivity contribution in [1.29, 1.82) is 0 Å². The standard InChI is InChI=1S/C36H48BrN5O6/c1-2-36(47)14-21-39(22-15-36)27-10-16-40(17-11-27)33(44)32(24-25-7-8-31(43)29(37)23-25)48-35(46)41-18-12-28(13-19-41)42-20-9-26-5-3-4-6-30(26)38-34(42)45/h3-8,23,27-28,32,43,47H,2,9-22,24H2,1H3,(H,38,45)/t32-/m1/s1. The lowest BCUT2D eigenvalue weighted by molar-refractivity contribution is -0.142. The second kappa shape index (κ2) is 15.0. The molecule has 0 bridgehead atoms. The first kappa shape index (κ1) is 34.5. The van der Waals surface area contributed by atoms with Crippen LogP contribution in [-0.4, -0.2) is 117 Å². The molecule has 2 aromatic carbocycles. The Morgan fingerprint density at radius 1 is 0.958 bits per heavy atom. The van der Waals surface area contributed by atoms with E-state index >= 15 is 0 Å². The Kier molecular flexibility index (Phi) is 10.8. The number of carbonyl (C=O) groups excluding carboxylic acids is 3. The second-order valence-electron chi connectivity index (χ2n) is 13.8. The first-order valence-corrected chi connectivity index (χ1v) is 18.3. The Morgan fingerprint density at radius 3 is 2.31 bits per heavy atom. The molecule has 1 atom stereocenters. The van der Waals surface area contributed by atoms with Crippen LogP contribution in [0.4, 0.5) is 15.3 Å². The van der Waals surface area contributed by atoms with Crippen LogP contribution >= 0.6 is 15.9 Å². The van der Waals surface area contributed by atoms with Gasteiger partial charge in [-0.15, -0.1) is 0 Å². The van der Waals surface area contributed by atoms with Crippen molar-refractivity contribution in [2.75, 3.05) is 51.1 Å². The largest absolute Gasteiger partial charge is 0.507 e. The van der Waals surface area contributed by atoms with Crippen molar-refractivity contribution in [3.8, 4) is 5.75 Å². The monoisotopic (exact) mass is 725 g/mol. The topological polar surface area (TPSA) is 126 Å². The van der Waals surface area contributed by atoms with Gasteiger partial charge < -0.3 is 39.9 Å². The van der Waals surface area contributed by atoms with E-state index in [4.69, 9.17) is 4.74 Å². The maximum absolute atomic E-state index is 14.0. The van der Waals surface area contributed by atoms with Crippen LogP contribution in [0.5, 0.6) is 5.75 Å². The number of aromatic hydroxyl groups is 1. The Balaban J connectivity index is 1.06. The van der Waals surface area contributed by atoms with Gasteiger partial charge in [0.15, 0.2) is 6.10 Å². The number of nitrogens with zero attached hydrogens (tertiary/aromatic N) is 4.